The van der Waals surface area contributed by atoms with Gasteiger partial charge in [-0.05, 0) is 50.4 Å². The maximum atomic E-state index is 12.2. The minimum Gasteiger partial charge on any atom is -0.481 e. The number of unbranched alkanes of at least 4 members (excludes halogenated alkanes) is 1. The van der Waals surface area contributed by atoms with Crippen LogP contribution in [0.1, 0.15) is 71.1 Å². The summed E-state index contributed by atoms with van der Waals surface area (Å²) in [5.41, 5.74) is 0.0620. The van der Waals surface area contributed by atoms with E-state index in [0.717, 1.165) is 19.3 Å². The van der Waals surface area contributed by atoms with Crippen LogP contribution >= 0.6 is 0 Å². The number of carbonyl (C=O) groups excluding carboxylic acids is 1. The van der Waals surface area contributed by atoms with Gasteiger partial charge in [-0.25, -0.2) is 0 Å². The van der Waals surface area contributed by atoms with Crippen LogP contribution in [0.5, 0.6) is 0 Å². The molecule has 0 spiro atoms. The fraction of sp³-hybridized carbons (Fsp3) is 0.727. The average Bonchev–Trinajstić information content (AvgIpc) is 2.84. The van der Waals surface area contributed by atoms with Gasteiger partial charge in [0.2, 0.25) is 0 Å². The normalized spacial score (nSPS) is 28.7. The summed E-state index contributed by atoms with van der Waals surface area (Å²) in [5.74, 6) is -1.14. The van der Waals surface area contributed by atoms with Crippen molar-refractivity contribution in [1.82, 2.24) is 0 Å². The number of allylic oxidation sites excluding steroid dienone is 2. The average molecular weight is 379 g/mol. The van der Waals surface area contributed by atoms with Gasteiger partial charge in [0.15, 0.2) is 0 Å². The second-order valence-corrected chi connectivity index (χ2v) is 8.16. The van der Waals surface area contributed by atoms with Crippen LogP contribution in [0.4, 0.5) is 0 Å². The van der Waals surface area contributed by atoms with E-state index in [1.165, 1.54) is 6.42 Å². The van der Waals surface area contributed by atoms with E-state index in [2.05, 4.69) is 6.92 Å². The van der Waals surface area contributed by atoms with E-state index in [1.807, 2.05) is 24.3 Å². The van der Waals surface area contributed by atoms with Gasteiger partial charge in [-0.15, -0.1) is 0 Å². The fourth-order valence-corrected chi connectivity index (χ4v) is 4.43. The van der Waals surface area contributed by atoms with Crippen molar-refractivity contribution in [2.75, 3.05) is 0 Å². The fourth-order valence-electron chi connectivity index (χ4n) is 4.43. The molecule has 0 radical (unpaired) electrons. The van der Waals surface area contributed by atoms with Gasteiger partial charge in [-0.3, -0.25) is 9.59 Å². The molecule has 2 rings (SSSR count). The molecular weight excluding hydrogens is 344 g/mol. The Kier molecular flexibility index (Phi) is 8.24. The summed E-state index contributed by atoms with van der Waals surface area (Å²) in [5, 5.41) is 29.4. The molecule has 3 N–H and O–H groups in total. The predicted octanol–water partition coefficient (Wildman–Crippen LogP) is 3.64. The first-order valence-corrected chi connectivity index (χ1v) is 10.3. The van der Waals surface area contributed by atoms with Crippen LogP contribution in [0.25, 0.3) is 0 Å². The van der Waals surface area contributed by atoms with E-state index in [9.17, 15) is 19.8 Å². The first-order valence-electron chi connectivity index (χ1n) is 10.3. The van der Waals surface area contributed by atoms with Crippen LogP contribution in [0.3, 0.4) is 0 Å². The summed E-state index contributed by atoms with van der Waals surface area (Å²) in [6.07, 6.45) is 13.8. The molecule has 2 aliphatic rings. The second kappa shape index (κ2) is 10.2. The van der Waals surface area contributed by atoms with Gasteiger partial charge >= 0.3 is 5.97 Å². The number of aliphatic hydroxyl groups excluding tert-OH is 2. The van der Waals surface area contributed by atoms with E-state index >= 15 is 0 Å². The number of carboxylic acids is 1. The second-order valence-electron chi connectivity index (χ2n) is 8.16. The van der Waals surface area contributed by atoms with Gasteiger partial charge in [0.1, 0.15) is 5.78 Å². The van der Waals surface area contributed by atoms with E-state index in [0.29, 0.717) is 25.7 Å². The van der Waals surface area contributed by atoms with Crippen LogP contribution in [-0.4, -0.2) is 39.3 Å². The van der Waals surface area contributed by atoms with Gasteiger partial charge in [-0.2, -0.15) is 0 Å². The lowest BCUT2D eigenvalue weighted by atomic mass is 9.63. The molecule has 152 valence electrons. The molecule has 4 atom stereocenters. The van der Waals surface area contributed by atoms with Crippen molar-refractivity contribution in [1.29, 1.82) is 0 Å². The van der Waals surface area contributed by atoms with Gasteiger partial charge in [0.25, 0.3) is 0 Å². The Morgan fingerprint density at radius 1 is 1.30 bits per heavy atom. The van der Waals surface area contributed by atoms with E-state index in [-0.39, 0.29) is 42.0 Å². The quantitative estimate of drug-likeness (QED) is 0.377. The SMILES string of the molecule is CCC1(C(O)CC=C[C@H]2[C@H](O)CC(=O)[C@@H]2CC=CCCCC(=O)O)CCC1. The molecule has 5 nitrogen and oxygen atoms in total. The first-order chi connectivity index (χ1) is 12.9. The molecule has 2 aliphatic carbocycles. The summed E-state index contributed by atoms with van der Waals surface area (Å²) in [6, 6.07) is 0. The zero-order valence-electron chi connectivity index (χ0n) is 16.3. The number of ketones is 1. The Balaban J connectivity index is 1.84. The molecular formula is C22H34O5. The number of hydrogen-bond donors (Lipinski definition) is 3. The third-order valence-electron chi connectivity index (χ3n) is 6.53. The van der Waals surface area contributed by atoms with Crippen molar-refractivity contribution in [2.24, 2.45) is 17.3 Å². The van der Waals surface area contributed by atoms with Crippen LogP contribution in [0.15, 0.2) is 24.3 Å². The lowest BCUT2D eigenvalue weighted by molar-refractivity contribution is -0.137. The number of hydrogen-bond acceptors (Lipinski definition) is 4. The van der Waals surface area contributed by atoms with Gasteiger partial charge in [-0.1, -0.05) is 37.6 Å². The smallest absolute Gasteiger partial charge is 0.303 e. The van der Waals surface area contributed by atoms with E-state index < -0.39 is 12.1 Å². The zero-order chi connectivity index (χ0) is 19.9. The highest BCUT2D eigenvalue weighted by molar-refractivity contribution is 5.84. The molecule has 0 saturated heterocycles. The minimum absolute atomic E-state index is 0.0620. The molecule has 1 unspecified atom stereocenters. The van der Waals surface area contributed by atoms with Crippen molar-refractivity contribution >= 4 is 11.8 Å². The Bertz CT molecular complexity index is 556. The Morgan fingerprint density at radius 3 is 2.63 bits per heavy atom. The molecule has 0 heterocycles. The molecule has 27 heavy (non-hydrogen) atoms. The van der Waals surface area contributed by atoms with Crippen molar-refractivity contribution in [3.8, 4) is 0 Å². The number of aliphatic hydroxyl groups is 2. The highest BCUT2D eigenvalue weighted by Gasteiger charge is 2.42. The number of rotatable bonds is 11. The largest absolute Gasteiger partial charge is 0.481 e. The van der Waals surface area contributed by atoms with Crippen LogP contribution in [0, 0.1) is 17.3 Å². The van der Waals surface area contributed by atoms with E-state index in [1.54, 1.807) is 0 Å². The summed E-state index contributed by atoms with van der Waals surface area (Å²) >= 11 is 0. The van der Waals surface area contributed by atoms with Crippen LogP contribution < -0.4 is 0 Å². The predicted molar refractivity (Wildman–Crippen MR) is 104 cm³/mol. The molecule has 2 saturated carbocycles. The third kappa shape index (κ3) is 5.76. The molecule has 0 aromatic rings. The maximum Gasteiger partial charge on any atom is 0.303 e. The molecule has 2 fully saturated rings. The van der Waals surface area contributed by atoms with Crippen LogP contribution in [-0.2, 0) is 9.59 Å². The first kappa shape index (κ1) is 21.8. The highest BCUT2D eigenvalue weighted by Crippen LogP contribution is 2.47. The molecule has 0 aromatic carbocycles. The number of aliphatic carboxylic acids is 1. The molecule has 0 aliphatic heterocycles. The Hall–Kier alpha value is -1.46. The number of Topliss-reactive ketones (excluding diaryl/α,β-unsaturated/α-hetero) is 1. The molecule has 0 amide bonds. The Morgan fingerprint density at radius 2 is 2.04 bits per heavy atom. The molecule has 0 bridgehead atoms. The summed E-state index contributed by atoms with van der Waals surface area (Å²) in [4.78, 5) is 22.7. The molecule has 0 aromatic heterocycles. The van der Waals surface area contributed by atoms with Crippen molar-refractivity contribution in [2.45, 2.75) is 83.3 Å². The summed E-state index contributed by atoms with van der Waals surface area (Å²) in [6.45, 7) is 2.13. The topological polar surface area (TPSA) is 94.8 Å². The number of carbonyl (C=O) groups is 2. The third-order valence-corrected chi connectivity index (χ3v) is 6.53. The maximum absolute atomic E-state index is 12.2. The van der Waals surface area contributed by atoms with Gasteiger partial charge in [0, 0.05) is 24.7 Å². The molecule has 5 heteroatoms. The summed E-state index contributed by atoms with van der Waals surface area (Å²) < 4.78 is 0. The van der Waals surface area contributed by atoms with Gasteiger partial charge < -0.3 is 15.3 Å². The monoisotopic (exact) mass is 378 g/mol. The zero-order valence-corrected chi connectivity index (χ0v) is 16.3. The Labute approximate surface area is 162 Å². The standard InChI is InChI=1S/C22H34O5/c1-2-22(13-8-14-22)20(25)11-7-10-17-16(18(23)15-19(17)24)9-5-3-4-6-12-21(26)27/h3,5,7,10,16-17,19-20,24-25H,2,4,6,8-9,11-15H2,1H3,(H,26,27)/t16-,17-,19-,20?/m1/s1. The minimum atomic E-state index is -0.795. The lowest BCUT2D eigenvalue weighted by Crippen LogP contribution is -2.40. The van der Waals surface area contributed by atoms with Crippen LogP contribution in [0.2, 0.25) is 0 Å². The van der Waals surface area contributed by atoms with Crippen molar-refractivity contribution in [3.05, 3.63) is 24.3 Å². The lowest BCUT2D eigenvalue weighted by Gasteiger charge is -2.45. The van der Waals surface area contributed by atoms with Crippen molar-refractivity contribution < 1.29 is 24.9 Å². The number of carboxylic acid groups (broad SMARTS) is 1. The summed E-state index contributed by atoms with van der Waals surface area (Å²) in [7, 11) is 0. The van der Waals surface area contributed by atoms with Crippen molar-refractivity contribution in [3.63, 3.8) is 0 Å². The van der Waals surface area contributed by atoms with E-state index in [4.69, 9.17) is 5.11 Å². The van der Waals surface area contributed by atoms with Gasteiger partial charge in [0.05, 0.1) is 12.2 Å². The highest BCUT2D eigenvalue weighted by atomic mass is 16.4.